The lowest BCUT2D eigenvalue weighted by atomic mass is 10.2. The topological polar surface area (TPSA) is 113 Å². The summed E-state index contributed by atoms with van der Waals surface area (Å²) in [4.78, 5) is 22.2. The lowest BCUT2D eigenvalue weighted by molar-refractivity contribution is -0.309. The minimum Gasteiger partial charge on any atom is -0.548 e. The summed E-state index contributed by atoms with van der Waals surface area (Å²) < 4.78 is 31.7. The fourth-order valence-electron chi connectivity index (χ4n) is 1.12. The summed E-state index contributed by atoms with van der Waals surface area (Å²) in [6.45, 7) is 3.87. The molecule has 0 radical (unpaired) electrons. The maximum atomic E-state index is 11.5. The highest BCUT2D eigenvalue weighted by atomic mass is 32.2. The Labute approximate surface area is 98.4 Å². The molecule has 1 fully saturated rings. The number of hydrogen-bond donors (Lipinski definition) is 0. The molecule has 0 aromatic rings. The van der Waals surface area contributed by atoms with Crippen LogP contribution in [0.4, 0.5) is 4.79 Å². The highest BCUT2D eigenvalue weighted by Crippen LogP contribution is 2.22. The summed E-state index contributed by atoms with van der Waals surface area (Å²) in [5, 5.41) is 10.7. The number of amides is 1. The molecule has 1 rings (SSSR count). The third-order valence-corrected chi connectivity index (χ3v) is 3.06. The van der Waals surface area contributed by atoms with Crippen LogP contribution < -0.4 is 5.11 Å². The van der Waals surface area contributed by atoms with Crippen LogP contribution in [-0.2, 0) is 24.0 Å². The molecule has 0 bridgehead atoms. The maximum Gasteiger partial charge on any atom is 0.426 e. The van der Waals surface area contributed by atoms with Crippen LogP contribution in [0.1, 0.15) is 20.8 Å². The molecule has 98 valence electrons. The van der Waals surface area contributed by atoms with Crippen molar-refractivity contribution in [1.29, 1.82) is 0 Å². The summed E-state index contributed by atoms with van der Waals surface area (Å²) in [5.41, 5.74) is -0.953. The molecule has 0 aromatic heterocycles. The van der Waals surface area contributed by atoms with E-state index >= 15 is 0 Å². The van der Waals surface area contributed by atoms with Gasteiger partial charge in [-0.15, -0.1) is 0 Å². The molecular weight excluding hydrogens is 254 g/mol. The molecule has 1 heterocycles. The second-order valence-corrected chi connectivity index (χ2v) is 5.84. The molecule has 1 aliphatic heterocycles. The van der Waals surface area contributed by atoms with Crippen molar-refractivity contribution in [2.45, 2.75) is 32.4 Å². The Morgan fingerprint density at radius 1 is 1.41 bits per heavy atom. The van der Waals surface area contributed by atoms with Crippen LogP contribution in [0.15, 0.2) is 0 Å². The van der Waals surface area contributed by atoms with E-state index in [4.69, 9.17) is 4.74 Å². The van der Waals surface area contributed by atoms with Crippen molar-refractivity contribution in [2.24, 2.45) is 0 Å². The molecule has 1 amide bonds. The predicted octanol–water partition coefficient (Wildman–Crippen LogP) is -1.38. The summed E-state index contributed by atoms with van der Waals surface area (Å²) in [5.74, 6) is -1.73. The normalized spacial score (nSPS) is 23.5. The zero-order valence-corrected chi connectivity index (χ0v) is 10.3. The Morgan fingerprint density at radius 2 is 1.94 bits per heavy atom. The van der Waals surface area contributed by atoms with Gasteiger partial charge in [-0.2, -0.15) is 12.7 Å². The molecular formula is C8H12NO7S-. The number of carbonyl (C=O) groups excluding carboxylic acids is 2. The van der Waals surface area contributed by atoms with Gasteiger partial charge >= 0.3 is 16.4 Å². The highest BCUT2D eigenvalue weighted by molar-refractivity contribution is 7.85. The molecule has 1 unspecified atom stereocenters. The van der Waals surface area contributed by atoms with E-state index in [-0.39, 0.29) is 4.31 Å². The SMILES string of the molecule is CC(C)(C)OC(=O)N1C(C(=O)[O-])COS1(=O)=O. The van der Waals surface area contributed by atoms with Gasteiger partial charge in [0.05, 0.1) is 12.6 Å². The minimum atomic E-state index is -4.41. The molecule has 0 spiro atoms. The van der Waals surface area contributed by atoms with E-state index in [0.717, 1.165) is 0 Å². The van der Waals surface area contributed by atoms with Crippen LogP contribution in [0.3, 0.4) is 0 Å². The Balaban J connectivity index is 2.99. The Hall–Kier alpha value is -1.35. The zero-order valence-electron chi connectivity index (χ0n) is 9.50. The Kier molecular flexibility index (Phi) is 3.35. The van der Waals surface area contributed by atoms with E-state index in [9.17, 15) is 23.1 Å². The first-order valence-electron chi connectivity index (χ1n) is 4.67. The van der Waals surface area contributed by atoms with E-state index < -0.39 is 40.6 Å². The van der Waals surface area contributed by atoms with Crippen molar-refractivity contribution in [1.82, 2.24) is 4.31 Å². The number of ether oxygens (including phenoxy) is 1. The lowest BCUT2D eigenvalue weighted by Gasteiger charge is -2.26. The second kappa shape index (κ2) is 4.15. The smallest absolute Gasteiger partial charge is 0.426 e. The molecule has 1 aliphatic rings. The minimum absolute atomic E-state index is 0.0353. The Bertz CT molecular complexity index is 435. The van der Waals surface area contributed by atoms with Gasteiger partial charge in [-0.05, 0) is 20.8 Å². The van der Waals surface area contributed by atoms with E-state index in [1.54, 1.807) is 0 Å². The van der Waals surface area contributed by atoms with Gasteiger partial charge < -0.3 is 14.6 Å². The van der Waals surface area contributed by atoms with E-state index in [2.05, 4.69) is 4.18 Å². The number of aliphatic carboxylic acids is 1. The van der Waals surface area contributed by atoms with Crippen LogP contribution in [0, 0.1) is 0 Å². The molecule has 17 heavy (non-hydrogen) atoms. The van der Waals surface area contributed by atoms with E-state index in [1.165, 1.54) is 20.8 Å². The van der Waals surface area contributed by atoms with Crippen LogP contribution in [0.25, 0.3) is 0 Å². The molecule has 9 heteroatoms. The van der Waals surface area contributed by atoms with E-state index in [0.29, 0.717) is 0 Å². The fraction of sp³-hybridized carbons (Fsp3) is 0.750. The first-order chi connectivity index (χ1) is 7.54. The van der Waals surface area contributed by atoms with Gasteiger partial charge in [0, 0.05) is 0 Å². The van der Waals surface area contributed by atoms with Gasteiger partial charge in [0.15, 0.2) is 0 Å². The average Bonchev–Trinajstić information content (AvgIpc) is 2.37. The van der Waals surface area contributed by atoms with Gasteiger partial charge in [0.25, 0.3) is 0 Å². The maximum absolute atomic E-state index is 11.5. The molecule has 1 atom stereocenters. The monoisotopic (exact) mass is 266 g/mol. The fourth-order valence-corrected chi connectivity index (χ4v) is 2.21. The van der Waals surface area contributed by atoms with Crippen molar-refractivity contribution in [2.75, 3.05) is 6.61 Å². The van der Waals surface area contributed by atoms with Crippen LogP contribution in [0.2, 0.25) is 0 Å². The van der Waals surface area contributed by atoms with Crippen LogP contribution in [-0.4, -0.2) is 43.0 Å². The number of nitrogens with zero attached hydrogens (tertiary/aromatic N) is 1. The van der Waals surface area contributed by atoms with Crippen LogP contribution in [0.5, 0.6) is 0 Å². The predicted molar refractivity (Wildman–Crippen MR) is 51.7 cm³/mol. The van der Waals surface area contributed by atoms with Crippen molar-refractivity contribution >= 4 is 22.4 Å². The quantitative estimate of drug-likeness (QED) is 0.574. The van der Waals surface area contributed by atoms with Crippen LogP contribution >= 0.6 is 0 Å². The average molecular weight is 266 g/mol. The van der Waals surface area contributed by atoms with Gasteiger partial charge in [0.1, 0.15) is 11.6 Å². The van der Waals surface area contributed by atoms with Crippen molar-refractivity contribution in [3.8, 4) is 0 Å². The number of carboxylic acid groups (broad SMARTS) is 1. The van der Waals surface area contributed by atoms with Crippen molar-refractivity contribution in [3.05, 3.63) is 0 Å². The van der Waals surface area contributed by atoms with E-state index in [1.807, 2.05) is 0 Å². The second-order valence-electron chi connectivity index (χ2n) is 4.35. The number of hydrogen-bond acceptors (Lipinski definition) is 7. The van der Waals surface area contributed by atoms with Gasteiger partial charge in [-0.1, -0.05) is 0 Å². The molecule has 0 saturated carbocycles. The van der Waals surface area contributed by atoms with Crippen molar-refractivity contribution in [3.63, 3.8) is 0 Å². The first kappa shape index (κ1) is 13.7. The molecule has 0 N–H and O–H groups in total. The summed E-state index contributed by atoms with van der Waals surface area (Å²) in [7, 11) is -4.41. The molecule has 8 nitrogen and oxygen atoms in total. The highest BCUT2D eigenvalue weighted by Gasteiger charge is 2.45. The van der Waals surface area contributed by atoms with Gasteiger partial charge in [-0.3, -0.25) is 4.18 Å². The summed E-state index contributed by atoms with van der Waals surface area (Å²) in [6, 6.07) is -1.70. The third kappa shape index (κ3) is 3.07. The summed E-state index contributed by atoms with van der Waals surface area (Å²) in [6.07, 6.45) is -1.30. The lowest BCUT2D eigenvalue weighted by Crippen LogP contribution is -2.50. The molecule has 0 aliphatic carbocycles. The number of rotatable bonds is 1. The Morgan fingerprint density at radius 3 is 2.35 bits per heavy atom. The number of carbonyl (C=O) groups is 2. The summed E-state index contributed by atoms with van der Waals surface area (Å²) >= 11 is 0. The third-order valence-electron chi connectivity index (χ3n) is 1.74. The first-order valence-corrected chi connectivity index (χ1v) is 6.04. The largest absolute Gasteiger partial charge is 0.548 e. The molecule has 0 aromatic carbocycles. The molecule has 1 saturated heterocycles. The number of carboxylic acids is 1. The van der Waals surface area contributed by atoms with Gasteiger partial charge in [-0.25, -0.2) is 4.79 Å². The zero-order chi connectivity index (χ0) is 13.4. The standard InChI is InChI=1S/C8H13NO7S/c1-8(2,3)16-7(12)9-5(6(10)11)4-15-17(9,13)14/h5H,4H2,1-3H3,(H,10,11)/p-1. The van der Waals surface area contributed by atoms with Gasteiger partial charge in [0.2, 0.25) is 0 Å². The van der Waals surface area contributed by atoms with Crippen molar-refractivity contribution < 1.29 is 32.0 Å².